The van der Waals surface area contributed by atoms with Crippen molar-refractivity contribution in [3.8, 4) is 0 Å². The summed E-state index contributed by atoms with van der Waals surface area (Å²) in [5.74, 6) is -2.09. The van der Waals surface area contributed by atoms with Crippen LogP contribution in [0.25, 0.3) is 0 Å². The van der Waals surface area contributed by atoms with Crippen molar-refractivity contribution >= 4 is 39.1 Å². The predicted octanol–water partition coefficient (Wildman–Crippen LogP) is 3.35. The highest BCUT2D eigenvalue weighted by molar-refractivity contribution is 7.89. The van der Waals surface area contributed by atoms with Crippen molar-refractivity contribution in [2.24, 2.45) is 0 Å². The van der Waals surface area contributed by atoms with Gasteiger partial charge in [0.05, 0.1) is 17.0 Å². The first-order valence-corrected chi connectivity index (χ1v) is 12.7. The van der Waals surface area contributed by atoms with Crippen LogP contribution in [-0.2, 0) is 30.8 Å². The number of rotatable bonds is 8. The number of sulfonamides is 1. The van der Waals surface area contributed by atoms with Gasteiger partial charge in [-0.1, -0.05) is 30.3 Å². The summed E-state index contributed by atoms with van der Waals surface area (Å²) < 4.78 is 41.9. The number of halogens is 1. The van der Waals surface area contributed by atoms with Crippen molar-refractivity contribution in [2.45, 2.75) is 30.7 Å². The Bertz CT molecular complexity index is 1380. The summed E-state index contributed by atoms with van der Waals surface area (Å²) in [6.45, 7) is 1.30. The molecule has 3 aromatic carbocycles. The average molecular weight is 510 g/mol. The molecule has 3 amide bonds. The van der Waals surface area contributed by atoms with Crippen LogP contribution in [0.4, 0.5) is 15.8 Å². The molecule has 0 aliphatic carbocycles. The van der Waals surface area contributed by atoms with Crippen molar-refractivity contribution in [1.29, 1.82) is 0 Å². The molecule has 8 nitrogen and oxygen atoms in total. The molecule has 36 heavy (non-hydrogen) atoms. The molecule has 10 heteroatoms. The Morgan fingerprint density at radius 2 is 1.64 bits per heavy atom. The molecule has 1 atom stereocenters. The number of carbonyl (C=O) groups is 3. The van der Waals surface area contributed by atoms with Gasteiger partial charge >= 0.3 is 0 Å². The lowest BCUT2D eigenvalue weighted by Crippen LogP contribution is -2.46. The van der Waals surface area contributed by atoms with Crippen molar-refractivity contribution < 1.29 is 27.2 Å². The van der Waals surface area contributed by atoms with Gasteiger partial charge in [0.15, 0.2) is 0 Å². The number of hydrogen-bond donors (Lipinski definition) is 1. The fraction of sp³-hybridized carbons (Fsp3) is 0.192. The second-order valence-corrected chi connectivity index (χ2v) is 10.2. The maximum Gasteiger partial charge on any atom is 0.252 e. The Kier molecular flexibility index (Phi) is 7.27. The SMILES string of the molecule is CC(=O)Nc1ccc(S(=O)(=O)N(CCc2ccccc2)C2CC(=O)N(c3ccc(F)cc3)C2=O)cc1. The van der Waals surface area contributed by atoms with E-state index in [4.69, 9.17) is 0 Å². The number of benzene rings is 3. The third-order valence-corrected chi connectivity index (χ3v) is 7.72. The molecule has 1 aliphatic rings. The molecular formula is C26H24FN3O5S. The van der Waals surface area contributed by atoms with Gasteiger partial charge < -0.3 is 5.32 Å². The van der Waals surface area contributed by atoms with Gasteiger partial charge in [-0.2, -0.15) is 4.31 Å². The van der Waals surface area contributed by atoms with Crippen LogP contribution in [0.2, 0.25) is 0 Å². The van der Waals surface area contributed by atoms with E-state index in [0.29, 0.717) is 12.1 Å². The van der Waals surface area contributed by atoms with Gasteiger partial charge in [0.2, 0.25) is 21.8 Å². The lowest BCUT2D eigenvalue weighted by Gasteiger charge is -2.27. The molecule has 0 spiro atoms. The standard InChI is InChI=1S/C26H24FN3O5S/c1-18(31)28-21-9-13-23(14-10-21)36(34,35)29(16-15-19-5-3-2-4-6-19)24-17-25(32)30(26(24)33)22-11-7-20(27)8-12-22/h2-14,24H,15-17H2,1H3,(H,28,31). The third kappa shape index (κ3) is 5.34. The molecule has 4 rings (SSSR count). The summed E-state index contributed by atoms with van der Waals surface area (Å²) in [6.07, 6.45) is -0.0211. The molecular weight excluding hydrogens is 485 g/mol. The highest BCUT2D eigenvalue weighted by Crippen LogP contribution is 2.30. The molecule has 1 saturated heterocycles. The molecule has 1 heterocycles. The van der Waals surface area contributed by atoms with Gasteiger partial charge in [0, 0.05) is 19.2 Å². The lowest BCUT2D eigenvalue weighted by atomic mass is 10.1. The smallest absolute Gasteiger partial charge is 0.252 e. The molecule has 1 unspecified atom stereocenters. The number of imide groups is 1. The van der Waals surface area contributed by atoms with E-state index in [1.54, 1.807) is 0 Å². The van der Waals surface area contributed by atoms with Crippen LogP contribution in [0.15, 0.2) is 83.8 Å². The summed E-state index contributed by atoms with van der Waals surface area (Å²) in [6, 6.07) is 18.4. The first kappa shape index (κ1) is 25.2. The van der Waals surface area contributed by atoms with E-state index < -0.39 is 33.7 Å². The highest BCUT2D eigenvalue weighted by Gasteiger charge is 2.46. The minimum absolute atomic E-state index is 0.0409. The Labute approximate surface area is 208 Å². The molecule has 186 valence electrons. The monoisotopic (exact) mass is 509 g/mol. The quantitative estimate of drug-likeness (QED) is 0.469. The van der Waals surface area contributed by atoms with Crippen molar-refractivity contribution in [3.05, 3.63) is 90.2 Å². The van der Waals surface area contributed by atoms with E-state index in [1.165, 1.54) is 43.3 Å². The van der Waals surface area contributed by atoms with Crippen LogP contribution in [0.3, 0.4) is 0 Å². The minimum Gasteiger partial charge on any atom is -0.326 e. The largest absolute Gasteiger partial charge is 0.326 e. The van der Waals surface area contributed by atoms with Gasteiger partial charge in [0.1, 0.15) is 11.9 Å². The Morgan fingerprint density at radius 3 is 2.25 bits per heavy atom. The summed E-state index contributed by atoms with van der Waals surface area (Å²) in [5.41, 5.74) is 1.46. The van der Waals surface area contributed by atoms with E-state index >= 15 is 0 Å². The summed E-state index contributed by atoms with van der Waals surface area (Å²) in [4.78, 5) is 38.3. The van der Waals surface area contributed by atoms with Crippen LogP contribution in [0.5, 0.6) is 0 Å². The molecule has 1 aliphatic heterocycles. The molecule has 0 saturated carbocycles. The fourth-order valence-corrected chi connectivity index (χ4v) is 5.66. The molecule has 3 aromatic rings. The second-order valence-electron chi connectivity index (χ2n) is 8.32. The van der Waals surface area contributed by atoms with Crippen molar-refractivity contribution in [3.63, 3.8) is 0 Å². The van der Waals surface area contributed by atoms with Crippen LogP contribution in [0.1, 0.15) is 18.9 Å². The van der Waals surface area contributed by atoms with Gasteiger partial charge in [0.25, 0.3) is 5.91 Å². The van der Waals surface area contributed by atoms with E-state index in [0.717, 1.165) is 26.9 Å². The third-order valence-electron chi connectivity index (χ3n) is 5.80. The number of anilines is 2. The maximum atomic E-state index is 13.7. The van der Waals surface area contributed by atoms with Gasteiger partial charge in [-0.25, -0.2) is 17.7 Å². The topological polar surface area (TPSA) is 104 Å². The van der Waals surface area contributed by atoms with Gasteiger partial charge in [-0.3, -0.25) is 14.4 Å². The first-order valence-electron chi connectivity index (χ1n) is 11.2. The highest BCUT2D eigenvalue weighted by atomic mass is 32.2. The zero-order chi connectivity index (χ0) is 25.9. The molecule has 0 radical (unpaired) electrons. The molecule has 1 N–H and O–H groups in total. The number of hydrogen-bond acceptors (Lipinski definition) is 5. The van der Waals surface area contributed by atoms with E-state index in [1.807, 2.05) is 30.3 Å². The van der Waals surface area contributed by atoms with Crippen LogP contribution in [-0.4, -0.2) is 43.0 Å². The normalized spacial score (nSPS) is 16.0. The second kappa shape index (κ2) is 10.4. The van der Waals surface area contributed by atoms with Gasteiger partial charge in [-0.15, -0.1) is 0 Å². The number of nitrogens with one attached hydrogen (secondary N) is 1. The van der Waals surface area contributed by atoms with E-state index in [2.05, 4.69) is 5.32 Å². The predicted molar refractivity (Wildman–Crippen MR) is 132 cm³/mol. The average Bonchev–Trinajstić information content (AvgIpc) is 3.14. The lowest BCUT2D eigenvalue weighted by molar-refractivity contribution is -0.122. The molecule has 0 aromatic heterocycles. The summed E-state index contributed by atoms with van der Waals surface area (Å²) in [5, 5.41) is 2.58. The fourth-order valence-electron chi connectivity index (χ4n) is 4.08. The minimum atomic E-state index is -4.21. The number of amides is 3. The Hall–Kier alpha value is -3.89. The van der Waals surface area contributed by atoms with Crippen molar-refractivity contribution in [1.82, 2.24) is 4.31 Å². The van der Waals surface area contributed by atoms with Crippen molar-refractivity contribution in [2.75, 3.05) is 16.8 Å². The van der Waals surface area contributed by atoms with E-state index in [-0.39, 0.29) is 29.5 Å². The zero-order valence-electron chi connectivity index (χ0n) is 19.4. The zero-order valence-corrected chi connectivity index (χ0v) is 20.2. The molecule has 1 fully saturated rings. The summed E-state index contributed by atoms with van der Waals surface area (Å²) >= 11 is 0. The molecule has 0 bridgehead atoms. The van der Waals surface area contributed by atoms with Crippen LogP contribution < -0.4 is 10.2 Å². The Balaban J connectivity index is 1.67. The Morgan fingerprint density at radius 1 is 1.00 bits per heavy atom. The van der Waals surface area contributed by atoms with Crippen LogP contribution >= 0.6 is 0 Å². The number of carbonyl (C=O) groups excluding carboxylic acids is 3. The first-order chi connectivity index (χ1) is 17.2. The van der Waals surface area contributed by atoms with E-state index in [9.17, 15) is 27.2 Å². The number of nitrogens with zero attached hydrogens (tertiary/aromatic N) is 2. The summed E-state index contributed by atoms with van der Waals surface area (Å²) in [7, 11) is -4.21. The van der Waals surface area contributed by atoms with Gasteiger partial charge in [-0.05, 0) is 60.5 Å². The van der Waals surface area contributed by atoms with Crippen LogP contribution in [0, 0.1) is 5.82 Å². The maximum absolute atomic E-state index is 13.7.